The van der Waals surface area contributed by atoms with Crippen LogP contribution in [0.2, 0.25) is 0 Å². The first-order valence-corrected chi connectivity index (χ1v) is 24.6. The molecule has 2 aliphatic rings. The van der Waals surface area contributed by atoms with E-state index in [0.29, 0.717) is 11.8 Å². The molecular formula is C63H67NS. The van der Waals surface area contributed by atoms with Gasteiger partial charge in [0.15, 0.2) is 0 Å². The standard InChI is InChI=1S/C35H39N.C28H28S/c1-6-28(31-19-18-27(5)35(25-31)34-17-13-12-14-26(34)4)24-32(7-2)36(8-3)33-22-20-30(21-23-33)29-15-10-9-11-16-29;1-5-20(6-2)28(8-4,21-14-10-9-11-15-21)25-19-18-24-23-16-12-13-17-26(23)29-27(24)22(25)7-3/h6-7,10,12-26,34H,1,8-9,11H2,2-5H3;5-6,9-19H,1,7-8H2,2-4H3/b28-24+,32-7+;20-6+. The molecule has 2 aliphatic carbocycles. The third-order valence-electron chi connectivity index (χ3n) is 13.6. The van der Waals surface area contributed by atoms with E-state index in [4.69, 9.17) is 0 Å². The molecule has 0 saturated heterocycles. The maximum Gasteiger partial charge on any atom is 0.0448 e. The lowest BCUT2D eigenvalue weighted by Crippen LogP contribution is -2.30. The molecule has 1 aromatic heterocycles. The van der Waals surface area contributed by atoms with Crippen molar-refractivity contribution in [3.05, 3.63) is 245 Å². The van der Waals surface area contributed by atoms with Crippen LogP contribution >= 0.6 is 11.3 Å². The van der Waals surface area contributed by atoms with Crippen LogP contribution in [0.1, 0.15) is 106 Å². The van der Waals surface area contributed by atoms with Crippen LogP contribution < -0.4 is 4.90 Å². The van der Waals surface area contributed by atoms with E-state index in [9.17, 15) is 0 Å². The van der Waals surface area contributed by atoms with Crippen LogP contribution in [0.25, 0.3) is 31.3 Å². The maximum atomic E-state index is 4.18. The number of nitrogens with zero attached hydrogens (tertiary/aromatic N) is 1. The second-order valence-corrected chi connectivity index (χ2v) is 18.2. The molecule has 0 N–H and O–H groups in total. The molecule has 0 spiro atoms. The van der Waals surface area contributed by atoms with E-state index in [1.165, 1.54) is 81.6 Å². The number of aryl methyl sites for hydroxylation is 2. The van der Waals surface area contributed by atoms with Crippen LogP contribution in [0.5, 0.6) is 0 Å². The summed E-state index contributed by atoms with van der Waals surface area (Å²) in [5.74, 6) is 0.895. The second-order valence-electron chi connectivity index (χ2n) is 17.2. The topological polar surface area (TPSA) is 3.24 Å². The summed E-state index contributed by atoms with van der Waals surface area (Å²) in [4.78, 5) is 2.37. The minimum Gasteiger partial charge on any atom is -0.342 e. The van der Waals surface area contributed by atoms with Crippen LogP contribution in [0.3, 0.4) is 0 Å². The Balaban J connectivity index is 0.000000198. The zero-order valence-electron chi connectivity index (χ0n) is 39.8. The number of hydrogen-bond acceptors (Lipinski definition) is 2. The van der Waals surface area contributed by atoms with Gasteiger partial charge in [-0.15, -0.1) is 11.3 Å². The summed E-state index contributed by atoms with van der Waals surface area (Å²) in [6.07, 6.45) is 30.8. The van der Waals surface area contributed by atoms with Gasteiger partial charge in [0.1, 0.15) is 0 Å². The zero-order chi connectivity index (χ0) is 45.9. The SMILES string of the molecule is C=C/C(=C\C(=C/C)N(CC)c1ccc(C2=CCCC=C2)cc1)c1ccc(C)c(C2C=CC=CC2C)c1.C=C/C(=C\C)C(CC)(c1ccccc1)c1ccc2c(sc3ccccc32)c1CC. The number of rotatable bonds is 14. The molecular weight excluding hydrogens is 803 g/mol. The summed E-state index contributed by atoms with van der Waals surface area (Å²) in [5.41, 5.74) is 15.4. The molecule has 6 aromatic rings. The molecule has 5 aromatic carbocycles. The highest BCUT2D eigenvalue weighted by Gasteiger charge is 2.37. The van der Waals surface area contributed by atoms with Gasteiger partial charge in [0.25, 0.3) is 0 Å². The Kier molecular flexibility index (Phi) is 15.6. The van der Waals surface area contributed by atoms with Crippen molar-refractivity contribution >= 4 is 48.3 Å². The number of fused-ring (bicyclic) bond motifs is 3. The summed E-state index contributed by atoms with van der Waals surface area (Å²) in [7, 11) is 0. The van der Waals surface area contributed by atoms with Crippen LogP contribution in [0.15, 0.2) is 207 Å². The molecule has 0 saturated carbocycles. The van der Waals surface area contributed by atoms with Crippen molar-refractivity contribution in [2.45, 2.75) is 85.5 Å². The average molecular weight is 870 g/mol. The normalized spacial score (nSPS) is 17.3. The highest BCUT2D eigenvalue weighted by Crippen LogP contribution is 2.48. The fourth-order valence-electron chi connectivity index (χ4n) is 10.1. The van der Waals surface area contributed by atoms with E-state index in [0.717, 1.165) is 37.8 Å². The Morgan fingerprint density at radius 2 is 1.55 bits per heavy atom. The van der Waals surface area contributed by atoms with E-state index in [1.807, 2.05) is 23.5 Å². The highest BCUT2D eigenvalue weighted by atomic mass is 32.1. The molecule has 330 valence electrons. The molecule has 3 unspecified atom stereocenters. The molecule has 0 aliphatic heterocycles. The van der Waals surface area contributed by atoms with Crippen molar-refractivity contribution in [1.29, 1.82) is 0 Å². The molecule has 2 heteroatoms. The first-order chi connectivity index (χ1) is 31.8. The molecule has 65 heavy (non-hydrogen) atoms. The van der Waals surface area contributed by atoms with Crippen molar-refractivity contribution in [2.75, 3.05) is 11.4 Å². The van der Waals surface area contributed by atoms with Gasteiger partial charge in [0.05, 0.1) is 0 Å². The Labute approximate surface area is 394 Å². The predicted molar refractivity (Wildman–Crippen MR) is 289 cm³/mol. The first-order valence-electron chi connectivity index (χ1n) is 23.8. The van der Waals surface area contributed by atoms with Gasteiger partial charge in [-0.05, 0) is 139 Å². The van der Waals surface area contributed by atoms with Crippen LogP contribution in [-0.4, -0.2) is 6.54 Å². The van der Waals surface area contributed by atoms with E-state index in [1.54, 1.807) is 0 Å². The summed E-state index contributed by atoms with van der Waals surface area (Å²) in [5, 5.41) is 2.75. The molecule has 8 rings (SSSR count). The first kappa shape index (κ1) is 46.8. The van der Waals surface area contributed by atoms with Gasteiger partial charge in [0, 0.05) is 49.4 Å². The number of allylic oxidation sites excluding steroid dienone is 15. The lowest BCUT2D eigenvalue weighted by molar-refractivity contribution is 0.587. The monoisotopic (exact) mass is 869 g/mol. The second kappa shape index (κ2) is 21.6. The van der Waals surface area contributed by atoms with E-state index >= 15 is 0 Å². The van der Waals surface area contributed by atoms with Crippen molar-refractivity contribution in [2.24, 2.45) is 5.92 Å². The van der Waals surface area contributed by atoms with Gasteiger partial charge in [-0.3, -0.25) is 0 Å². The Morgan fingerprint density at radius 1 is 0.800 bits per heavy atom. The molecule has 3 atom stereocenters. The van der Waals surface area contributed by atoms with E-state index in [2.05, 4.69) is 236 Å². The summed E-state index contributed by atoms with van der Waals surface area (Å²) in [6.45, 7) is 24.8. The maximum absolute atomic E-state index is 4.18. The van der Waals surface area contributed by atoms with Gasteiger partial charge >= 0.3 is 0 Å². The highest BCUT2D eigenvalue weighted by molar-refractivity contribution is 7.26. The molecule has 0 radical (unpaired) electrons. The third kappa shape index (κ3) is 9.61. The fourth-order valence-corrected chi connectivity index (χ4v) is 11.4. The third-order valence-corrected chi connectivity index (χ3v) is 14.9. The number of likely N-dealkylation sites (N-methyl/N-ethyl adjacent to an activating group) is 1. The van der Waals surface area contributed by atoms with Gasteiger partial charge < -0.3 is 4.90 Å². The van der Waals surface area contributed by atoms with E-state index in [-0.39, 0.29) is 5.41 Å². The molecule has 1 nitrogen and oxygen atoms in total. The van der Waals surface area contributed by atoms with Crippen molar-refractivity contribution in [1.82, 2.24) is 0 Å². The number of thiophene rings is 1. The number of benzene rings is 5. The summed E-state index contributed by atoms with van der Waals surface area (Å²) >= 11 is 1.93. The smallest absolute Gasteiger partial charge is 0.0448 e. The summed E-state index contributed by atoms with van der Waals surface area (Å²) in [6, 6.07) is 40.2. The van der Waals surface area contributed by atoms with Crippen molar-refractivity contribution in [3.63, 3.8) is 0 Å². The molecule has 0 fully saturated rings. The van der Waals surface area contributed by atoms with Crippen LogP contribution in [0.4, 0.5) is 5.69 Å². The lowest BCUT2D eigenvalue weighted by atomic mass is 9.65. The quantitative estimate of drug-likeness (QED) is 0.0986. The van der Waals surface area contributed by atoms with Gasteiger partial charge in [-0.2, -0.15) is 0 Å². The summed E-state index contributed by atoms with van der Waals surface area (Å²) < 4.78 is 2.80. The van der Waals surface area contributed by atoms with Gasteiger partial charge in [0.2, 0.25) is 0 Å². The van der Waals surface area contributed by atoms with Crippen LogP contribution in [-0.2, 0) is 11.8 Å². The van der Waals surface area contributed by atoms with Crippen molar-refractivity contribution in [3.8, 4) is 0 Å². The minimum atomic E-state index is -0.187. The van der Waals surface area contributed by atoms with Crippen molar-refractivity contribution < 1.29 is 0 Å². The Morgan fingerprint density at radius 3 is 2.20 bits per heavy atom. The Hall–Kier alpha value is -6.22. The predicted octanol–water partition coefficient (Wildman–Crippen LogP) is 18.0. The molecule has 1 heterocycles. The lowest BCUT2D eigenvalue weighted by Gasteiger charge is -2.37. The average Bonchev–Trinajstić information content (AvgIpc) is 3.74. The van der Waals surface area contributed by atoms with E-state index < -0.39 is 0 Å². The zero-order valence-corrected chi connectivity index (χ0v) is 40.6. The largest absolute Gasteiger partial charge is 0.342 e. The molecule has 0 amide bonds. The Bertz CT molecular complexity index is 2850. The number of hydrogen-bond donors (Lipinski definition) is 0. The number of anilines is 1. The molecule has 0 bridgehead atoms. The minimum absolute atomic E-state index is 0.187. The fraction of sp³-hybridized carbons (Fsp3) is 0.238. The van der Waals surface area contributed by atoms with Gasteiger partial charge in [-0.1, -0.05) is 192 Å². The van der Waals surface area contributed by atoms with Crippen LogP contribution in [0, 0.1) is 12.8 Å². The van der Waals surface area contributed by atoms with Gasteiger partial charge in [-0.25, -0.2) is 0 Å².